The van der Waals surface area contributed by atoms with Crippen LogP contribution in [0.2, 0.25) is 0 Å². The van der Waals surface area contributed by atoms with Crippen LogP contribution in [0, 0.1) is 10.1 Å². The number of anilines is 1. The van der Waals surface area contributed by atoms with Crippen LogP contribution >= 0.6 is 0 Å². The van der Waals surface area contributed by atoms with Gasteiger partial charge < -0.3 is 4.90 Å². The van der Waals surface area contributed by atoms with E-state index in [9.17, 15) is 14.9 Å². The molecule has 0 N–H and O–H groups in total. The van der Waals surface area contributed by atoms with Gasteiger partial charge in [0.25, 0.3) is 5.69 Å². The summed E-state index contributed by atoms with van der Waals surface area (Å²) in [6, 6.07) is 12.4. The molecule has 0 aliphatic heterocycles. The minimum absolute atomic E-state index is 0.0668. The average molecular weight is 284 g/mol. The van der Waals surface area contributed by atoms with Crippen molar-refractivity contribution in [3.63, 3.8) is 0 Å². The molecular weight excluding hydrogens is 268 g/mol. The predicted molar refractivity (Wildman–Crippen MR) is 82.1 cm³/mol. The molecule has 21 heavy (non-hydrogen) atoms. The van der Waals surface area contributed by atoms with Crippen molar-refractivity contribution in [3.05, 3.63) is 69.3 Å². The Morgan fingerprint density at radius 3 is 2.57 bits per heavy atom. The summed E-state index contributed by atoms with van der Waals surface area (Å²) < 4.78 is 0. The van der Waals surface area contributed by atoms with Crippen molar-refractivity contribution in [2.24, 2.45) is 0 Å². The van der Waals surface area contributed by atoms with Gasteiger partial charge in [-0.15, -0.1) is 0 Å². The molecule has 108 valence electrons. The van der Waals surface area contributed by atoms with Crippen molar-refractivity contribution in [1.82, 2.24) is 0 Å². The third kappa shape index (κ3) is 3.45. The number of carbonyl (C=O) groups excluding carboxylic acids is 1. The zero-order valence-corrected chi connectivity index (χ0v) is 11.9. The van der Waals surface area contributed by atoms with E-state index in [1.807, 2.05) is 43.3 Å². The fraction of sp³-hybridized carbons (Fsp3) is 0.188. The highest BCUT2D eigenvalue weighted by molar-refractivity contribution is 5.79. The summed E-state index contributed by atoms with van der Waals surface area (Å²) in [5, 5.41) is 10.7. The first-order valence-corrected chi connectivity index (χ1v) is 6.50. The van der Waals surface area contributed by atoms with Gasteiger partial charge >= 0.3 is 0 Å². The van der Waals surface area contributed by atoms with Crippen LogP contribution in [0.4, 0.5) is 11.4 Å². The molecule has 0 radical (unpaired) electrons. The van der Waals surface area contributed by atoms with Crippen molar-refractivity contribution in [3.8, 4) is 0 Å². The molecule has 0 unspecified atom stereocenters. The number of rotatable bonds is 5. The molecule has 0 saturated carbocycles. The Hall–Kier alpha value is -2.69. The maximum atomic E-state index is 11.1. The number of aldehydes is 1. The monoisotopic (exact) mass is 284 g/mol. The predicted octanol–water partition coefficient (Wildman–Crippen LogP) is 3.06. The van der Waals surface area contributed by atoms with Crippen molar-refractivity contribution in [2.75, 3.05) is 19.0 Å². The van der Waals surface area contributed by atoms with Crippen molar-refractivity contribution in [2.45, 2.75) is 6.42 Å². The first-order chi connectivity index (χ1) is 10.0. The Bertz CT molecular complexity index is 681. The number of hydrogen-bond donors (Lipinski definition) is 0. The number of carbonyl (C=O) groups is 1. The van der Waals surface area contributed by atoms with Gasteiger partial charge in [0.05, 0.1) is 4.92 Å². The molecule has 0 bridgehead atoms. The topological polar surface area (TPSA) is 63.4 Å². The molecule has 0 amide bonds. The van der Waals surface area contributed by atoms with Gasteiger partial charge in [-0.25, -0.2) is 0 Å². The third-order valence-corrected chi connectivity index (χ3v) is 3.29. The molecule has 0 atom stereocenters. The van der Waals surface area contributed by atoms with Gasteiger partial charge in [-0.3, -0.25) is 14.9 Å². The Kier molecular flexibility index (Phi) is 4.33. The molecule has 0 heterocycles. The second kappa shape index (κ2) is 6.17. The summed E-state index contributed by atoms with van der Waals surface area (Å²) in [6.07, 6.45) is 1.23. The fourth-order valence-electron chi connectivity index (χ4n) is 2.13. The Balaban J connectivity index is 2.33. The largest absolute Gasteiger partial charge is 0.378 e. The van der Waals surface area contributed by atoms with E-state index in [-0.39, 0.29) is 5.69 Å². The van der Waals surface area contributed by atoms with Crippen molar-refractivity contribution < 1.29 is 9.72 Å². The summed E-state index contributed by atoms with van der Waals surface area (Å²) in [5.41, 5.74) is 3.20. The van der Waals surface area contributed by atoms with E-state index in [2.05, 4.69) is 0 Å². The lowest BCUT2D eigenvalue weighted by atomic mass is 9.99. The minimum Gasteiger partial charge on any atom is -0.378 e. The molecule has 0 aliphatic rings. The van der Waals surface area contributed by atoms with Crippen molar-refractivity contribution >= 4 is 17.7 Å². The van der Waals surface area contributed by atoms with Gasteiger partial charge in [0.2, 0.25) is 0 Å². The second-order valence-electron chi connectivity index (χ2n) is 5.00. The van der Waals surface area contributed by atoms with Crippen LogP contribution < -0.4 is 4.90 Å². The summed E-state index contributed by atoms with van der Waals surface area (Å²) in [5.74, 6) is 0. The van der Waals surface area contributed by atoms with E-state index >= 15 is 0 Å². The Labute approximate surface area is 123 Å². The van der Waals surface area contributed by atoms with E-state index in [4.69, 9.17) is 0 Å². The molecular formula is C16H16N2O3. The fourth-order valence-corrected chi connectivity index (χ4v) is 2.13. The first kappa shape index (κ1) is 14.7. The minimum atomic E-state index is -0.497. The lowest BCUT2D eigenvalue weighted by molar-refractivity contribution is -0.384. The van der Waals surface area contributed by atoms with E-state index < -0.39 is 4.92 Å². The third-order valence-electron chi connectivity index (χ3n) is 3.29. The zero-order chi connectivity index (χ0) is 15.4. The molecule has 2 aromatic carbocycles. The van der Waals surface area contributed by atoms with Crippen LogP contribution in [0.15, 0.2) is 42.5 Å². The van der Waals surface area contributed by atoms with Crippen molar-refractivity contribution in [1.29, 1.82) is 0 Å². The molecule has 2 rings (SSSR count). The van der Waals surface area contributed by atoms with Gasteiger partial charge in [0, 0.05) is 37.5 Å². The average Bonchev–Trinajstić information content (AvgIpc) is 2.47. The number of non-ortho nitro benzene ring substituents is 1. The lowest BCUT2D eigenvalue weighted by Gasteiger charge is -2.14. The van der Waals surface area contributed by atoms with E-state index in [0.717, 1.165) is 16.8 Å². The standard InChI is InChI=1S/C16H16N2O3/c1-17(2)15-5-3-4-12(9-15)8-13-6-7-16(18(20)21)10-14(13)11-19/h3-7,9-11H,8H2,1-2H3. The Morgan fingerprint density at radius 2 is 1.95 bits per heavy atom. The number of nitrogens with zero attached hydrogens (tertiary/aromatic N) is 2. The van der Waals surface area contributed by atoms with Crippen LogP contribution in [0.1, 0.15) is 21.5 Å². The molecule has 2 aromatic rings. The van der Waals surface area contributed by atoms with Gasteiger partial charge in [-0.05, 0) is 29.7 Å². The smallest absolute Gasteiger partial charge is 0.270 e. The van der Waals surface area contributed by atoms with Crippen LogP contribution in [-0.4, -0.2) is 25.3 Å². The molecule has 0 spiro atoms. The van der Waals surface area contributed by atoms with Gasteiger partial charge in [-0.1, -0.05) is 18.2 Å². The maximum Gasteiger partial charge on any atom is 0.270 e. The molecule has 5 nitrogen and oxygen atoms in total. The Morgan fingerprint density at radius 1 is 1.19 bits per heavy atom. The highest BCUT2D eigenvalue weighted by Crippen LogP contribution is 2.21. The van der Waals surface area contributed by atoms with E-state index in [0.29, 0.717) is 18.3 Å². The van der Waals surface area contributed by atoms with E-state index in [1.54, 1.807) is 6.07 Å². The number of nitro groups is 1. The van der Waals surface area contributed by atoms with Gasteiger partial charge in [0.1, 0.15) is 0 Å². The maximum absolute atomic E-state index is 11.1. The summed E-state index contributed by atoms with van der Waals surface area (Å²) in [4.78, 5) is 23.4. The van der Waals surface area contributed by atoms with E-state index in [1.165, 1.54) is 12.1 Å². The molecule has 0 aromatic heterocycles. The molecule has 0 fully saturated rings. The first-order valence-electron chi connectivity index (χ1n) is 6.50. The SMILES string of the molecule is CN(C)c1cccc(Cc2ccc([N+](=O)[O-])cc2C=O)c1. The molecule has 5 heteroatoms. The number of benzene rings is 2. The van der Waals surface area contributed by atoms with Crippen LogP contribution in [-0.2, 0) is 6.42 Å². The van der Waals surface area contributed by atoms with Gasteiger partial charge in [0.15, 0.2) is 6.29 Å². The molecule has 0 aliphatic carbocycles. The normalized spacial score (nSPS) is 10.2. The summed E-state index contributed by atoms with van der Waals surface area (Å²) in [7, 11) is 3.92. The van der Waals surface area contributed by atoms with Gasteiger partial charge in [-0.2, -0.15) is 0 Å². The highest BCUT2D eigenvalue weighted by Gasteiger charge is 2.11. The highest BCUT2D eigenvalue weighted by atomic mass is 16.6. The second-order valence-corrected chi connectivity index (χ2v) is 5.00. The number of hydrogen-bond acceptors (Lipinski definition) is 4. The summed E-state index contributed by atoms with van der Waals surface area (Å²) >= 11 is 0. The van der Waals surface area contributed by atoms with Crippen LogP contribution in [0.5, 0.6) is 0 Å². The van der Waals surface area contributed by atoms with Crippen LogP contribution in [0.3, 0.4) is 0 Å². The lowest BCUT2D eigenvalue weighted by Crippen LogP contribution is -2.08. The number of nitro benzene ring substituents is 1. The molecule has 0 saturated heterocycles. The van der Waals surface area contributed by atoms with Crippen LogP contribution in [0.25, 0.3) is 0 Å². The quantitative estimate of drug-likeness (QED) is 0.481. The summed E-state index contributed by atoms with van der Waals surface area (Å²) in [6.45, 7) is 0. The zero-order valence-electron chi connectivity index (χ0n) is 11.9.